The van der Waals surface area contributed by atoms with E-state index in [9.17, 15) is 14.0 Å². The molecule has 8 heteroatoms. The highest BCUT2D eigenvalue weighted by molar-refractivity contribution is 7.78. The Bertz CT molecular complexity index is 1120. The Morgan fingerprint density at radius 2 is 1.70 bits per heavy atom. The van der Waals surface area contributed by atoms with E-state index in [0.29, 0.717) is 17.1 Å². The summed E-state index contributed by atoms with van der Waals surface area (Å²) in [5, 5.41) is 8.99. The molecule has 0 unspecified atom stereocenters. The van der Waals surface area contributed by atoms with Crippen LogP contribution >= 0.6 is 12.2 Å². The molecule has 1 amide bonds. The second kappa shape index (κ2) is 12.3. The molecule has 1 aromatic heterocycles. The second-order valence-electron chi connectivity index (χ2n) is 6.59. The highest BCUT2D eigenvalue weighted by Gasteiger charge is 2.18. The number of amides is 1. The number of ether oxygens (including phenoxy) is 1. The summed E-state index contributed by atoms with van der Waals surface area (Å²) in [5.41, 5.74) is 2.58. The first-order chi connectivity index (χ1) is 15.9. The summed E-state index contributed by atoms with van der Waals surface area (Å²) in [7, 11) is 1.59. The minimum absolute atomic E-state index is 0.0401. The molecule has 0 aliphatic carbocycles. The molecule has 1 N–H and O–H groups in total. The van der Waals surface area contributed by atoms with Crippen molar-refractivity contribution in [2.24, 2.45) is 0 Å². The molecule has 0 aliphatic heterocycles. The van der Waals surface area contributed by atoms with Gasteiger partial charge in [0.2, 0.25) is 0 Å². The van der Waals surface area contributed by atoms with Gasteiger partial charge in [-0.2, -0.15) is 0 Å². The van der Waals surface area contributed by atoms with E-state index >= 15 is 0 Å². The zero-order valence-electron chi connectivity index (χ0n) is 18.4. The van der Waals surface area contributed by atoms with E-state index in [1.54, 1.807) is 43.4 Å². The van der Waals surface area contributed by atoms with Crippen LogP contribution in [0.15, 0.2) is 70.8 Å². The standard InChI is InChI=1S/C23H18FNO5S.C2H6/c1-25(13-15-2-8-18(24)9-3-15)22(26)21(29-14-31)12-19-10-11-20(30-19)16-4-6-17(7-5-16)23(27)28;1-2/h2-12,14H,13H2,1H3,(H,27,28);1-2H3/b21-12-;. The summed E-state index contributed by atoms with van der Waals surface area (Å²) in [5.74, 6) is -0.992. The number of hydrogen-bond donors (Lipinski definition) is 1. The first-order valence-corrected chi connectivity index (χ1v) is 10.6. The Kier molecular flexibility index (Phi) is 9.50. The van der Waals surface area contributed by atoms with E-state index < -0.39 is 11.9 Å². The highest BCUT2D eigenvalue weighted by atomic mass is 32.1. The van der Waals surface area contributed by atoms with Crippen LogP contribution in [0.25, 0.3) is 17.4 Å². The van der Waals surface area contributed by atoms with Crippen LogP contribution in [0, 0.1) is 5.82 Å². The number of hydrogen-bond acceptors (Lipinski definition) is 5. The number of aromatic carboxylic acids is 1. The van der Waals surface area contributed by atoms with E-state index in [1.165, 1.54) is 35.2 Å². The van der Waals surface area contributed by atoms with Gasteiger partial charge in [0.25, 0.3) is 5.91 Å². The number of carbonyl (C=O) groups excluding carboxylic acids is 1. The van der Waals surface area contributed by atoms with Crippen molar-refractivity contribution in [3.8, 4) is 11.3 Å². The zero-order chi connectivity index (χ0) is 24.4. The maximum atomic E-state index is 13.1. The van der Waals surface area contributed by atoms with Gasteiger partial charge in [-0.15, -0.1) is 0 Å². The number of halogens is 1. The van der Waals surface area contributed by atoms with Gasteiger partial charge >= 0.3 is 5.97 Å². The molecule has 33 heavy (non-hydrogen) atoms. The first-order valence-electron chi connectivity index (χ1n) is 10.1. The first kappa shape index (κ1) is 25.5. The number of thiocarbonyl (C=S) groups is 1. The molecule has 0 saturated heterocycles. The van der Waals surface area contributed by atoms with Crippen molar-refractivity contribution >= 4 is 35.7 Å². The van der Waals surface area contributed by atoms with E-state index in [4.69, 9.17) is 26.5 Å². The quantitative estimate of drug-likeness (QED) is 0.256. The van der Waals surface area contributed by atoms with Gasteiger partial charge in [0, 0.05) is 25.2 Å². The van der Waals surface area contributed by atoms with Gasteiger partial charge in [-0.3, -0.25) is 4.79 Å². The number of carboxylic acids is 1. The molecular formula is C25H24FNO5S. The fourth-order valence-corrected chi connectivity index (χ4v) is 2.92. The fraction of sp³-hybridized carbons (Fsp3) is 0.160. The highest BCUT2D eigenvalue weighted by Crippen LogP contribution is 2.24. The zero-order valence-corrected chi connectivity index (χ0v) is 19.3. The average Bonchev–Trinajstić information content (AvgIpc) is 3.29. The minimum atomic E-state index is -1.01. The number of nitrogens with zero attached hydrogens (tertiary/aromatic N) is 1. The Morgan fingerprint density at radius 1 is 1.06 bits per heavy atom. The smallest absolute Gasteiger partial charge is 0.335 e. The van der Waals surface area contributed by atoms with Crippen molar-refractivity contribution < 1.29 is 28.2 Å². The molecule has 172 valence electrons. The molecule has 0 aliphatic rings. The lowest BCUT2D eigenvalue weighted by Crippen LogP contribution is -2.28. The van der Waals surface area contributed by atoms with Crippen molar-refractivity contribution in [3.63, 3.8) is 0 Å². The molecule has 0 spiro atoms. The molecule has 0 saturated carbocycles. The summed E-state index contributed by atoms with van der Waals surface area (Å²) < 4.78 is 24.0. The summed E-state index contributed by atoms with van der Waals surface area (Å²) in [6.45, 7) is 4.25. The van der Waals surface area contributed by atoms with Gasteiger partial charge in [-0.05, 0) is 54.2 Å². The van der Waals surface area contributed by atoms with Gasteiger partial charge in [0.15, 0.2) is 11.3 Å². The summed E-state index contributed by atoms with van der Waals surface area (Å²) in [4.78, 5) is 25.2. The van der Waals surface area contributed by atoms with Crippen LogP contribution in [-0.4, -0.2) is 34.5 Å². The van der Waals surface area contributed by atoms with E-state index in [2.05, 4.69) is 0 Å². The predicted molar refractivity (Wildman–Crippen MR) is 128 cm³/mol. The largest absolute Gasteiger partial charge is 0.478 e. The van der Waals surface area contributed by atoms with E-state index in [1.807, 2.05) is 13.8 Å². The average molecular weight is 470 g/mol. The Balaban J connectivity index is 0.00000187. The number of carbonyl (C=O) groups is 2. The summed E-state index contributed by atoms with van der Waals surface area (Å²) >= 11 is 4.73. The maximum absolute atomic E-state index is 13.1. The van der Waals surface area contributed by atoms with Crippen molar-refractivity contribution in [1.29, 1.82) is 0 Å². The summed E-state index contributed by atoms with van der Waals surface area (Å²) in [6, 6.07) is 15.4. The van der Waals surface area contributed by atoms with Crippen LogP contribution in [0.5, 0.6) is 0 Å². The SMILES string of the molecule is CC.CN(Cc1ccc(F)cc1)C(=O)/C(=C/c1ccc(-c2ccc(C(=O)O)cc2)o1)OC=S. The monoisotopic (exact) mass is 469 g/mol. The molecule has 3 aromatic rings. The second-order valence-corrected chi connectivity index (χ2v) is 6.79. The molecule has 0 fully saturated rings. The number of likely N-dealkylation sites (N-methyl/N-ethyl adjacent to an activating group) is 1. The maximum Gasteiger partial charge on any atom is 0.335 e. The Labute approximate surface area is 196 Å². The minimum Gasteiger partial charge on any atom is -0.478 e. The number of carboxylic acid groups (broad SMARTS) is 1. The van der Waals surface area contributed by atoms with Crippen LogP contribution in [0.1, 0.15) is 35.5 Å². The summed E-state index contributed by atoms with van der Waals surface area (Å²) in [6.07, 6.45) is 1.42. The van der Waals surface area contributed by atoms with E-state index in [-0.39, 0.29) is 23.7 Å². The number of benzene rings is 2. The van der Waals surface area contributed by atoms with Gasteiger partial charge in [0.05, 0.1) is 5.56 Å². The van der Waals surface area contributed by atoms with Crippen LogP contribution in [0.3, 0.4) is 0 Å². The lowest BCUT2D eigenvalue weighted by Gasteiger charge is -2.18. The molecule has 2 aromatic carbocycles. The van der Waals surface area contributed by atoms with Crippen LogP contribution < -0.4 is 0 Å². The van der Waals surface area contributed by atoms with E-state index in [0.717, 1.165) is 11.1 Å². The molecule has 0 bridgehead atoms. The lowest BCUT2D eigenvalue weighted by molar-refractivity contribution is -0.128. The van der Waals surface area contributed by atoms with Crippen LogP contribution in [0.4, 0.5) is 4.39 Å². The van der Waals surface area contributed by atoms with Crippen LogP contribution in [0.2, 0.25) is 0 Å². The number of rotatable bonds is 8. The normalized spacial score (nSPS) is 10.6. The molecule has 1 heterocycles. The molecule has 0 radical (unpaired) electrons. The lowest BCUT2D eigenvalue weighted by atomic mass is 10.1. The fourth-order valence-electron chi connectivity index (χ4n) is 2.81. The van der Waals surface area contributed by atoms with Gasteiger partial charge in [-0.1, -0.05) is 38.1 Å². The van der Waals surface area contributed by atoms with Crippen molar-refractivity contribution in [1.82, 2.24) is 4.90 Å². The van der Waals surface area contributed by atoms with Gasteiger partial charge in [0.1, 0.15) is 17.3 Å². The van der Waals surface area contributed by atoms with Gasteiger partial charge in [-0.25, -0.2) is 9.18 Å². The number of furan rings is 1. The topological polar surface area (TPSA) is 80.0 Å². The van der Waals surface area contributed by atoms with Gasteiger partial charge < -0.3 is 19.2 Å². The Morgan fingerprint density at radius 3 is 2.27 bits per heavy atom. The molecular weight excluding hydrogens is 445 g/mol. The third kappa shape index (κ3) is 7.11. The van der Waals surface area contributed by atoms with Crippen LogP contribution in [-0.2, 0) is 16.1 Å². The molecule has 6 nitrogen and oxygen atoms in total. The van der Waals surface area contributed by atoms with Crippen molar-refractivity contribution in [3.05, 3.63) is 89.1 Å². The molecule has 0 atom stereocenters. The third-order valence-electron chi connectivity index (χ3n) is 4.38. The Hall–Kier alpha value is -3.78. The molecule has 3 rings (SSSR count). The van der Waals surface area contributed by atoms with Crippen molar-refractivity contribution in [2.75, 3.05) is 7.05 Å². The predicted octanol–water partition coefficient (Wildman–Crippen LogP) is 5.78. The van der Waals surface area contributed by atoms with Crippen molar-refractivity contribution in [2.45, 2.75) is 20.4 Å². The third-order valence-corrected chi connectivity index (χ3v) is 4.48.